The second-order valence-electron chi connectivity index (χ2n) is 5.67. The number of rotatable bonds is 4. The highest BCUT2D eigenvalue weighted by Crippen LogP contribution is 2.22. The van der Waals surface area contributed by atoms with Gasteiger partial charge in [-0.15, -0.1) is 0 Å². The standard InChI is InChI=1S/C16H20N2O3/c1-10(2)18-9-13(8-15(18)20)16(21)17-14-6-4-5-12(7-14)11(3)19/h4-7,10,13H,8-9H2,1-3H3,(H,17,21)/t13-/m1/s1. The zero-order valence-electron chi connectivity index (χ0n) is 12.6. The van der Waals surface area contributed by atoms with Crippen molar-refractivity contribution in [1.29, 1.82) is 0 Å². The SMILES string of the molecule is CC(=O)c1cccc(NC(=O)[C@@H]2CC(=O)N(C(C)C)C2)c1. The summed E-state index contributed by atoms with van der Waals surface area (Å²) in [5.41, 5.74) is 1.14. The minimum Gasteiger partial charge on any atom is -0.339 e. The monoisotopic (exact) mass is 288 g/mol. The van der Waals surface area contributed by atoms with Gasteiger partial charge < -0.3 is 10.2 Å². The molecular formula is C16H20N2O3. The smallest absolute Gasteiger partial charge is 0.229 e. The van der Waals surface area contributed by atoms with E-state index in [1.54, 1.807) is 29.2 Å². The van der Waals surface area contributed by atoms with Crippen LogP contribution in [0.1, 0.15) is 37.6 Å². The number of Topliss-reactive ketones (excluding diaryl/α,β-unsaturated/α-hetero) is 1. The molecule has 0 spiro atoms. The summed E-state index contributed by atoms with van der Waals surface area (Å²) < 4.78 is 0. The minimum absolute atomic E-state index is 0.0163. The van der Waals surface area contributed by atoms with Gasteiger partial charge in [0.05, 0.1) is 5.92 Å². The third kappa shape index (κ3) is 3.48. The quantitative estimate of drug-likeness (QED) is 0.863. The van der Waals surface area contributed by atoms with E-state index in [0.29, 0.717) is 17.8 Å². The second kappa shape index (κ2) is 6.08. The first-order valence-corrected chi connectivity index (χ1v) is 7.10. The van der Waals surface area contributed by atoms with Gasteiger partial charge in [0.1, 0.15) is 0 Å². The number of hydrogen-bond donors (Lipinski definition) is 1. The maximum Gasteiger partial charge on any atom is 0.229 e. The molecule has 1 fully saturated rings. The molecule has 21 heavy (non-hydrogen) atoms. The summed E-state index contributed by atoms with van der Waals surface area (Å²) in [4.78, 5) is 37.1. The first-order valence-electron chi connectivity index (χ1n) is 7.10. The number of nitrogens with one attached hydrogen (secondary N) is 1. The van der Waals surface area contributed by atoms with Gasteiger partial charge in [-0.05, 0) is 32.9 Å². The number of benzene rings is 1. The molecule has 1 aliphatic heterocycles. The molecule has 0 aliphatic carbocycles. The Morgan fingerprint density at radius 1 is 1.33 bits per heavy atom. The lowest BCUT2D eigenvalue weighted by atomic mass is 10.1. The number of ketones is 1. The molecule has 1 aromatic rings. The van der Waals surface area contributed by atoms with Crippen LogP contribution in [-0.2, 0) is 9.59 Å². The van der Waals surface area contributed by atoms with Crippen molar-refractivity contribution in [2.45, 2.75) is 33.2 Å². The fourth-order valence-corrected chi connectivity index (χ4v) is 2.47. The molecule has 0 aromatic heterocycles. The van der Waals surface area contributed by atoms with Crippen LogP contribution in [0.3, 0.4) is 0 Å². The van der Waals surface area contributed by atoms with Crippen molar-refractivity contribution < 1.29 is 14.4 Å². The topological polar surface area (TPSA) is 66.5 Å². The van der Waals surface area contributed by atoms with Crippen LogP contribution in [0.15, 0.2) is 24.3 Å². The van der Waals surface area contributed by atoms with Crippen molar-refractivity contribution in [3.8, 4) is 0 Å². The minimum atomic E-state index is -0.333. The average Bonchev–Trinajstić information content (AvgIpc) is 2.81. The fourth-order valence-electron chi connectivity index (χ4n) is 2.47. The lowest BCUT2D eigenvalue weighted by Gasteiger charge is -2.20. The van der Waals surface area contributed by atoms with Crippen molar-refractivity contribution >= 4 is 23.3 Å². The van der Waals surface area contributed by atoms with E-state index < -0.39 is 0 Å². The zero-order chi connectivity index (χ0) is 15.6. The number of carbonyl (C=O) groups excluding carboxylic acids is 3. The first kappa shape index (κ1) is 15.2. The van der Waals surface area contributed by atoms with Gasteiger partial charge in [0.25, 0.3) is 0 Å². The molecule has 1 atom stereocenters. The second-order valence-corrected chi connectivity index (χ2v) is 5.67. The summed E-state index contributed by atoms with van der Waals surface area (Å²) in [6.07, 6.45) is 0.246. The van der Waals surface area contributed by atoms with E-state index in [0.717, 1.165) is 0 Å². The molecule has 0 radical (unpaired) electrons. The van der Waals surface area contributed by atoms with Gasteiger partial charge in [-0.3, -0.25) is 14.4 Å². The van der Waals surface area contributed by atoms with Crippen molar-refractivity contribution in [2.24, 2.45) is 5.92 Å². The van der Waals surface area contributed by atoms with Gasteiger partial charge >= 0.3 is 0 Å². The average molecular weight is 288 g/mol. The summed E-state index contributed by atoms with van der Waals surface area (Å²) in [5.74, 6) is -0.538. The molecule has 0 unspecified atom stereocenters. The van der Waals surface area contributed by atoms with Crippen molar-refractivity contribution in [1.82, 2.24) is 4.90 Å². The molecule has 5 nitrogen and oxygen atoms in total. The van der Waals surface area contributed by atoms with Crippen LogP contribution in [0.4, 0.5) is 5.69 Å². The first-order chi connectivity index (χ1) is 9.88. The van der Waals surface area contributed by atoms with E-state index >= 15 is 0 Å². The highest BCUT2D eigenvalue weighted by Gasteiger charge is 2.35. The van der Waals surface area contributed by atoms with Crippen LogP contribution in [0, 0.1) is 5.92 Å². The molecule has 2 amide bonds. The molecule has 2 rings (SSSR count). The summed E-state index contributed by atoms with van der Waals surface area (Å²) in [6.45, 7) is 5.81. The third-order valence-corrected chi connectivity index (χ3v) is 3.69. The van der Waals surface area contributed by atoms with Crippen molar-refractivity contribution in [3.05, 3.63) is 29.8 Å². The van der Waals surface area contributed by atoms with Crippen molar-refractivity contribution in [2.75, 3.05) is 11.9 Å². The van der Waals surface area contributed by atoms with Crippen LogP contribution in [-0.4, -0.2) is 35.1 Å². The van der Waals surface area contributed by atoms with Crippen LogP contribution in [0.5, 0.6) is 0 Å². The Bertz CT molecular complexity index is 581. The Hall–Kier alpha value is -2.17. The highest BCUT2D eigenvalue weighted by molar-refractivity contribution is 5.99. The van der Waals surface area contributed by atoms with Crippen LogP contribution in [0.25, 0.3) is 0 Å². The normalized spacial score (nSPS) is 18.2. The molecule has 1 saturated heterocycles. The number of likely N-dealkylation sites (tertiary alicyclic amines) is 1. The van der Waals surface area contributed by atoms with Gasteiger partial charge in [-0.1, -0.05) is 12.1 Å². The van der Waals surface area contributed by atoms with Gasteiger partial charge in [0, 0.05) is 30.3 Å². The molecule has 1 heterocycles. The molecule has 5 heteroatoms. The fraction of sp³-hybridized carbons (Fsp3) is 0.438. The Morgan fingerprint density at radius 2 is 2.05 bits per heavy atom. The summed E-state index contributed by atoms with van der Waals surface area (Å²) in [6, 6.07) is 6.93. The number of amides is 2. The van der Waals surface area contributed by atoms with Gasteiger partial charge in [-0.25, -0.2) is 0 Å². The highest BCUT2D eigenvalue weighted by atomic mass is 16.2. The number of hydrogen-bond acceptors (Lipinski definition) is 3. The largest absolute Gasteiger partial charge is 0.339 e. The van der Waals surface area contributed by atoms with Crippen molar-refractivity contribution in [3.63, 3.8) is 0 Å². The molecule has 1 aromatic carbocycles. The van der Waals surface area contributed by atoms with Gasteiger partial charge in [0.2, 0.25) is 11.8 Å². The molecule has 1 N–H and O–H groups in total. The van der Waals surface area contributed by atoms with E-state index in [2.05, 4.69) is 5.32 Å². The summed E-state index contributed by atoms with van der Waals surface area (Å²) in [5, 5.41) is 2.79. The van der Waals surface area contributed by atoms with Crippen LogP contribution in [0.2, 0.25) is 0 Å². The molecular weight excluding hydrogens is 268 g/mol. The maximum absolute atomic E-state index is 12.2. The number of carbonyl (C=O) groups is 3. The van der Waals surface area contributed by atoms with E-state index in [1.165, 1.54) is 6.92 Å². The molecule has 0 saturated carbocycles. The maximum atomic E-state index is 12.2. The Balaban J connectivity index is 2.04. The van der Waals surface area contributed by atoms with Gasteiger partial charge in [0.15, 0.2) is 5.78 Å². The molecule has 0 bridgehead atoms. The van der Waals surface area contributed by atoms with E-state index in [-0.39, 0.29) is 36.0 Å². The Kier molecular flexibility index (Phi) is 4.40. The van der Waals surface area contributed by atoms with E-state index in [4.69, 9.17) is 0 Å². The Labute approximate surface area is 124 Å². The summed E-state index contributed by atoms with van der Waals surface area (Å²) >= 11 is 0. The van der Waals surface area contributed by atoms with Crippen LogP contribution < -0.4 is 5.32 Å². The predicted octanol–water partition coefficient (Wildman–Crippen LogP) is 2.08. The predicted molar refractivity (Wildman–Crippen MR) is 80.0 cm³/mol. The number of anilines is 1. The van der Waals surface area contributed by atoms with Crippen LogP contribution >= 0.6 is 0 Å². The third-order valence-electron chi connectivity index (χ3n) is 3.69. The zero-order valence-corrected chi connectivity index (χ0v) is 12.6. The van der Waals surface area contributed by atoms with E-state index in [1.807, 2.05) is 13.8 Å². The Morgan fingerprint density at radius 3 is 2.62 bits per heavy atom. The molecule has 112 valence electrons. The lowest BCUT2D eigenvalue weighted by Crippen LogP contribution is -2.33. The number of nitrogens with zero attached hydrogens (tertiary/aromatic N) is 1. The molecule has 1 aliphatic rings. The lowest BCUT2D eigenvalue weighted by molar-refractivity contribution is -0.129. The van der Waals surface area contributed by atoms with Gasteiger partial charge in [-0.2, -0.15) is 0 Å². The van der Waals surface area contributed by atoms with E-state index in [9.17, 15) is 14.4 Å². The summed E-state index contributed by atoms with van der Waals surface area (Å²) in [7, 11) is 0.